The van der Waals surface area contributed by atoms with E-state index in [1.54, 1.807) is 0 Å². The van der Waals surface area contributed by atoms with Gasteiger partial charge in [-0.05, 0) is 25.5 Å². The Balaban J connectivity index is 1.71. The van der Waals surface area contributed by atoms with E-state index in [0.29, 0.717) is 26.3 Å². The van der Waals surface area contributed by atoms with Gasteiger partial charge < -0.3 is 14.4 Å². The van der Waals surface area contributed by atoms with Crippen LogP contribution in [0.15, 0.2) is 18.2 Å². The second-order valence-electron chi connectivity index (χ2n) is 5.72. The van der Waals surface area contributed by atoms with Crippen molar-refractivity contribution in [2.24, 2.45) is 0 Å². The first kappa shape index (κ1) is 13.6. The Morgan fingerprint density at radius 1 is 1.15 bits per heavy atom. The highest BCUT2D eigenvalue weighted by molar-refractivity contribution is 5.95. The fraction of sp³-hybridized carbons (Fsp3) is 0.562. The van der Waals surface area contributed by atoms with Crippen LogP contribution < -0.4 is 0 Å². The Bertz CT molecular complexity index is 510. The standard InChI is InChI=1S/C16H21NO3/c1-12-3-4-13(2)14(11-12)15(18)17-7-5-16(6-8-17)19-9-10-20-16/h3-4,11H,5-10H2,1-2H3. The summed E-state index contributed by atoms with van der Waals surface area (Å²) in [6.45, 7) is 6.75. The molecule has 1 aromatic rings. The smallest absolute Gasteiger partial charge is 0.254 e. The van der Waals surface area contributed by atoms with Crippen LogP contribution in [-0.4, -0.2) is 42.9 Å². The lowest BCUT2D eigenvalue weighted by atomic mass is 10.0. The molecule has 2 aliphatic rings. The van der Waals surface area contributed by atoms with Crippen molar-refractivity contribution in [2.75, 3.05) is 26.3 Å². The zero-order chi connectivity index (χ0) is 14.2. The van der Waals surface area contributed by atoms with Gasteiger partial charge in [0.1, 0.15) is 0 Å². The zero-order valence-corrected chi connectivity index (χ0v) is 12.1. The van der Waals surface area contributed by atoms with Crippen LogP contribution in [0.5, 0.6) is 0 Å². The number of ether oxygens (including phenoxy) is 2. The Morgan fingerprint density at radius 2 is 1.80 bits per heavy atom. The molecule has 2 heterocycles. The Labute approximate surface area is 119 Å². The van der Waals surface area contributed by atoms with E-state index in [1.165, 1.54) is 0 Å². The molecule has 2 fully saturated rings. The summed E-state index contributed by atoms with van der Waals surface area (Å²) in [5.41, 5.74) is 2.97. The molecule has 0 atom stereocenters. The van der Waals surface area contributed by atoms with Crippen molar-refractivity contribution in [1.29, 1.82) is 0 Å². The molecule has 3 rings (SSSR count). The topological polar surface area (TPSA) is 38.8 Å². The summed E-state index contributed by atoms with van der Waals surface area (Å²) in [6.07, 6.45) is 1.53. The minimum absolute atomic E-state index is 0.124. The van der Waals surface area contributed by atoms with Gasteiger partial charge in [-0.2, -0.15) is 0 Å². The SMILES string of the molecule is Cc1ccc(C)c(C(=O)N2CCC3(CC2)OCCO3)c1. The number of carbonyl (C=O) groups excluding carboxylic acids is 1. The number of likely N-dealkylation sites (tertiary alicyclic amines) is 1. The van der Waals surface area contributed by atoms with Crippen LogP contribution in [0, 0.1) is 13.8 Å². The third-order valence-electron chi connectivity index (χ3n) is 4.25. The van der Waals surface area contributed by atoms with E-state index in [-0.39, 0.29) is 5.91 Å². The van der Waals surface area contributed by atoms with Crippen LogP contribution in [0.1, 0.15) is 34.3 Å². The number of carbonyl (C=O) groups is 1. The molecule has 4 nitrogen and oxygen atoms in total. The van der Waals surface area contributed by atoms with Crippen LogP contribution in [0.25, 0.3) is 0 Å². The minimum atomic E-state index is -0.418. The number of hydrogen-bond donors (Lipinski definition) is 0. The van der Waals surface area contributed by atoms with Gasteiger partial charge in [-0.3, -0.25) is 4.79 Å². The van der Waals surface area contributed by atoms with Gasteiger partial charge in [0, 0.05) is 31.5 Å². The largest absolute Gasteiger partial charge is 0.347 e. The predicted octanol–water partition coefficient (Wildman–Crippen LogP) is 2.28. The normalized spacial score (nSPS) is 21.4. The molecule has 1 aromatic carbocycles. The second-order valence-corrected chi connectivity index (χ2v) is 5.72. The molecule has 2 aliphatic heterocycles. The van der Waals surface area contributed by atoms with Crippen molar-refractivity contribution in [3.05, 3.63) is 34.9 Å². The van der Waals surface area contributed by atoms with E-state index in [4.69, 9.17) is 9.47 Å². The summed E-state index contributed by atoms with van der Waals surface area (Å²) in [5, 5.41) is 0. The van der Waals surface area contributed by atoms with E-state index < -0.39 is 5.79 Å². The van der Waals surface area contributed by atoms with Crippen molar-refractivity contribution in [3.8, 4) is 0 Å². The molecule has 1 amide bonds. The molecule has 0 unspecified atom stereocenters. The Kier molecular flexibility index (Phi) is 3.52. The van der Waals surface area contributed by atoms with Gasteiger partial charge in [-0.15, -0.1) is 0 Å². The van der Waals surface area contributed by atoms with Gasteiger partial charge in [0.2, 0.25) is 0 Å². The van der Waals surface area contributed by atoms with Crippen molar-refractivity contribution < 1.29 is 14.3 Å². The average Bonchev–Trinajstić information content (AvgIpc) is 2.90. The molecule has 0 N–H and O–H groups in total. The first-order chi connectivity index (χ1) is 9.60. The van der Waals surface area contributed by atoms with Gasteiger partial charge >= 0.3 is 0 Å². The lowest BCUT2D eigenvalue weighted by molar-refractivity contribution is -0.181. The van der Waals surface area contributed by atoms with Gasteiger partial charge in [-0.1, -0.05) is 17.7 Å². The van der Waals surface area contributed by atoms with Gasteiger partial charge in [-0.25, -0.2) is 0 Å². The van der Waals surface area contributed by atoms with E-state index in [1.807, 2.05) is 36.9 Å². The van der Waals surface area contributed by atoms with Crippen molar-refractivity contribution >= 4 is 5.91 Å². The maximum absolute atomic E-state index is 12.6. The molecule has 1 spiro atoms. The lowest BCUT2D eigenvalue weighted by Crippen LogP contribution is -2.47. The van der Waals surface area contributed by atoms with Crippen LogP contribution in [0.3, 0.4) is 0 Å². The summed E-state index contributed by atoms with van der Waals surface area (Å²) < 4.78 is 11.4. The van der Waals surface area contributed by atoms with Crippen LogP contribution >= 0.6 is 0 Å². The number of hydrogen-bond acceptors (Lipinski definition) is 3. The molecule has 0 bridgehead atoms. The van der Waals surface area contributed by atoms with Crippen LogP contribution in [0.2, 0.25) is 0 Å². The van der Waals surface area contributed by atoms with E-state index >= 15 is 0 Å². The summed E-state index contributed by atoms with van der Waals surface area (Å²) >= 11 is 0. The highest BCUT2D eigenvalue weighted by Gasteiger charge is 2.40. The second kappa shape index (κ2) is 5.19. The first-order valence-electron chi connectivity index (χ1n) is 7.24. The fourth-order valence-corrected chi connectivity index (χ4v) is 2.97. The number of piperidine rings is 1. The zero-order valence-electron chi connectivity index (χ0n) is 12.1. The van der Waals surface area contributed by atoms with Gasteiger partial charge in [0.05, 0.1) is 13.2 Å². The van der Waals surface area contributed by atoms with Crippen molar-refractivity contribution in [1.82, 2.24) is 4.90 Å². The van der Waals surface area contributed by atoms with Gasteiger partial charge in [0.25, 0.3) is 5.91 Å². The number of rotatable bonds is 1. The molecule has 0 aliphatic carbocycles. The number of benzene rings is 1. The summed E-state index contributed by atoms with van der Waals surface area (Å²) in [7, 11) is 0. The molecule has 0 aromatic heterocycles. The molecular formula is C16H21NO3. The molecule has 0 radical (unpaired) electrons. The highest BCUT2D eigenvalue weighted by atomic mass is 16.7. The highest BCUT2D eigenvalue weighted by Crippen LogP contribution is 2.31. The Hall–Kier alpha value is -1.39. The van der Waals surface area contributed by atoms with E-state index in [2.05, 4.69) is 0 Å². The Morgan fingerprint density at radius 3 is 2.45 bits per heavy atom. The quantitative estimate of drug-likeness (QED) is 0.789. The maximum Gasteiger partial charge on any atom is 0.254 e. The summed E-state index contributed by atoms with van der Waals surface area (Å²) in [6, 6.07) is 6.03. The molecule has 2 saturated heterocycles. The average molecular weight is 275 g/mol. The summed E-state index contributed by atoms with van der Waals surface area (Å²) in [5.74, 6) is -0.294. The van der Waals surface area contributed by atoms with Crippen LogP contribution in [0.4, 0.5) is 0 Å². The minimum Gasteiger partial charge on any atom is -0.347 e. The molecule has 0 saturated carbocycles. The number of amides is 1. The maximum atomic E-state index is 12.6. The monoisotopic (exact) mass is 275 g/mol. The van der Waals surface area contributed by atoms with Crippen molar-refractivity contribution in [2.45, 2.75) is 32.5 Å². The van der Waals surface area contributed by atoms with Gasteiger partial charge in [0.15, 0.2) is 5.79 Å². The molecule has 20 heavy (non-hydrogen) atoms. The number of aryl methyl sites for hydroxylation is 2. The van der Waals surface area contributed by atoms with E-state index in [9.17, 15) is 4.79 Å². The van der Waals surface area contributed by atoms with Crippen molar-refractivity contribution in [3.63, 3.8) is 0 Å². The molecular weight excluding hydrogens is 254 g/mol. The fourth-order valence-electron chi connectivity index (χ4n) is 2.97. The lowest BCUT2D eigenvalue weighted by Gasteiger charge is -2.37. The third kappa shape index (κ3) is 2.45. The first-order valence-corrected chi connectivity index (χ1v) is 7.24. The molecule has 108 valence electrons. The summed E-state index contributed by atoms with van der Waals surface area (Å²) in [4.78, 5) is 14.5. The van der Waals surface area contributed by atoms with E-state index in [0.717, 1.165) is 29.5 Å². The predicted molar refractivity (Wildman–Crippen MR) is 75.7 cm³/mol. The number of nitrogens with zero attached hydrogens (tertiary/aromatic N) is 1. The third-order valence-corrected chi connectivity index (χ3v) is 4.25. The molecule has 4 heteroatoms. The van der Waals surface area contributed by atoms with Crippen LogP contribution in [-0.2, 0) is 9.47 Å².